The quantitative estimate of drug-likeness (QED) is 0.902. The molecule has 1 N–H and O–H groups in total. The highest BCUT2D eigenvalue weighted by Gasteiger charge is 2.19. The Morgan fingerprint density at radius 1 is 1.21 bits per heavy atom. The van der Waals surface area contributed by atoms with Crippen molar-refractivity contribution in [2.75, 3.05) is 19.6 Å². The summed E-state index contributed by atoms with van der Waals surface area (Å²) < 4.78 is 12.9. The molecule has 3 rings (SSSR count). The maximum Gasteiger partial charge on any atom is 0.263 e. The van der Waals surface area contributed by atoms with Gasteiger partial charge in [-0.3, -0.25) is 9.59 Å². The van der Waals surface area contributed by atoms with Crippen molar-refractivity contribution < 1.29 is 14.0 Å². The zero-order valence-electron chi connectivity index (χ0n) is 13.1. The third-order valence-electron chi connectivity index (χ3n) is 3.90. The molecule has 1 aromatic carbocycles. The molecule has 0 unspecified atom stereocenters. The lowest BCUT2D eigenvalue weighted by Gasteiger charge is -2.15. The van der Waals surface area contributed by atoms with Crippen LogP contribution in [0.4, 0.5) is 4.39 Å². The van der Waals surface area contributed by atoms with Crippen LogP contribution in [0.2, 0.25) is 0 Å². The van der Waals surface area contributed by atoms with E-state index in [0.29, 0.717) is 11.3 Å². The maximum atomic E-state index is 12.9. The highest BCUT2D eigenvalue weighted by molar-refractivity contribution is 7.13. The van der Waals surface area contributed by atoms with Gasteiger partial charge in [-0.15, -0.1) is 11.3 Å². The van der Waals surface area contributed by atoms with Crippen LogP contribution in [0.5, 0.6) is 0 Å². The minimum atomic E-state index is -0.287. The number of carbonyl (C=O) groups excluding carboxylic acids is 2. The Bertz CT molecular complexity index is 724. The van der Waals surface area contributed by atoms with Gasteiger partial charge in [0.05, 0.1) is 17.7 Å². The molecule has 1 aliphatic heterocycles. The minimum Gasteiger partial charge on any atom is -0.342 e. The van der Waals surface area contributed by atoms with E-state index in [-0.39, 0.29) is 24.2 Å². The van der Waals surface area contributed by atoms with Crippen molar-refractivity contribution in [3.8, 4) is 0 Å². The molecule has 0 bridgehead atoms. The standard InChI is InChI=1S/C17H18FN3O2S/c18-13-5-3-12(4-6-13)9-15-19-10-14(24-15)17(23)20-11-16(22)21-7-1-2-8-21/h3-6,10H,1-2,7-9,11H2,(H,20,23). The number of halogens is 1. The third kappa shape index (κ3) is 4.17. The monoisotopic (exact) mass is 347 g/mol. The Labute approximate surface area is 143 Å². The molecule has 1 saturated heterocycles. The first-order valence-electron chi connectivity index (χ1n) is 7.87. The molecule has 2 amide bonds. The SMILES string of the molecule is O=C(NCC(=O)N1CCCC1)c1cnc(Cc2ccc(F)cc2)s1. The molecule has 5 nitrogen and oxygen atoms in total. The second kappa shape index (κ2) is 7.53. The predicted octanol–water partition coefficient (Wildman–Crippen LogP) is 2.23. The van der Waals surface area contributed by atoms with Gasteiger partial charge in [0.1, 0.15) is 10.7 Å². The van der Waals surface area contributed by atoms with E-state index in [4.69, 9.17) is 0 Å². The molecule has 2 aromatic rings. The van der Waals surface area contributed by atoms with E-state index in [1.165, 1.54) is 29.7 Å². The first-order chi connectivity index (χ1) is 11.6. The summed E-state index contributed by atoms with van der Waals surface area (Å²) in [5.41, 5.74) is 0.932. The van der Waals surface area contributed by atoms with Gasteiger partial charge >= 0.3 is 0 Å². The number of aromatic nitrogens is 1. The second-order valence-corrected chi connectivity index (χ2v) is 6.81. The Balaban J connectivity index is 1.53. The van der Waals surface area contributed by atoms with E-state index in [9.17, 15) is 14.0 Å². The summed E-state index contributed by atoms with van der Waals surface area (Å²) in [7, 11) is 0. The van der Waals surface area contributed by atoms with Gasteiger partial charge in [-0.1, -0.05) is 12.1 Å². The van der Waals surface area contributed by atoms with E-state index in [1.54, 1.807) is 17.0 Å². The van der Waals surface area contributed by atoms with Crippen LogP contribution < -0.4 is 5.32 Å². The molecule has 2 heterocycles. The number of amides is 2. The fourth-order valence-corrected chi connectivity index (χ4v) is 3.46. The lowest BCUT2D eigenvalue weighted by atomic mass is 10.2. The molecule has 0 saturated carbocycles. The summed E-state index contributed by atoms with van der Waals surface area (Å²) in [6.45, 7) is 1.57. The van der Waals surface area contributed by atoms with Gasteiger partial charge in [0.15, 0.2) is 0 Å². The molecule has 1 aliphatic rings. The van der Waals surface area contributed by atoms with Crippen molar-refractivity contribution in [3.05, 3.63) is 51.7 Å². The van der Waals surface area contributed by atoms with E-state index in [1.807, 2.05) is 0 Å². The number of nitrogens with one attached hydrogen (secondary N) is 1. The van der Waals surface area contributed by atoms with Crippen LogP contribution in [-0.4, -0.2) is 41.3 Å². The molecule has 1 fully saturated rings. The predicted molar refractivity (Wildman–Crippen MR) is 89.5 cm³/mol. The lowest BCUT2D eigenvalue weighted by Crippen LogP contribution is -2.38. The Hall–Kier alpha value is -2.28. The summed E-state index contributed by atoms with van der Waals surface area (Å²) >= 11 is 1.28. The first kappa shape index (κ1) is 16.6. The number of nitrogens with zero attached hydrogens (tertiary/aromatic N) is 2. The highest BCUT2D eigenvalue weighted by Crippen LogP contribution is 2.17. The van der Waals surface area contributed by atoms with Crippen molar-refractivity contribution in [2.45, 2.75) is 19.3 Å². The molecular weight excluding hydrogens is 329 g/mol. The van der Waals surface area contributed by atoms with E-state index < -0.39 is 0 Å². The number of benzene rings is 1. The highest BCUT2D eigenvalue weighted by atomic mass is 32.1. The number of hydrogen-bond donors (Lipinski definition) is 1. The third-order valence-corrected chi connectivity index (χ3v) is 4.90. The number of thiazole rings is 1. The van der Waals surface area contributed by atoms with Crippen LogP contribution in [0.25, 0.3) is 0 Å². The van der Waals surface area contributed by atoms with Crippen LogP contribution >= 0.6 is 11.3 Å². The van der Waals surface area contributed by atoms with Gasteiger partial charge in [-0.25, -0.2) is 9.37 Å². The average molecular weight is 347 g/mol. The van der Waals surface area contributed by atoms with Gasteiger partial charge in [0.2, 0.25) is 5.91 Å². The van der Waals surface area contributed by atoms with E-state index in [2.05, 4.69) is 10.3 Å². The molecule has 126 valence electrons. The van der Waals surface area contributed by atoms with E-state index >= 15 is 0 Å². The van der Waals surface area contributed by atoms with Crippen molar-refractivity contribution in [1.29, 1.82) is 0 Å². The average Bonchev–Trinajstić information content (AvgIpc) is 3.26. The largest absolute Gasteiger partial charge is 0.342 e. The zero-order chi connectivity index (χ0) is 16.9. The maximum absolute atomic E-state index is 12.9. The van der Waals surface area contributed by atoms with Gasteiger partial charge in [-0.2, -0.15) is 0 Å². The summed E-state index contributed by atoms with van der Waals surface area (Å²) in [5.74, 6) is -0.608. The minimum absolute atomic E-state index is 0.0179. The summed E-state index contributed by atoms with van der Waals surface area (Å²) in [6, 6.07) is 6.21. The fraction of sp³-hybridized carbons (Fsp3) is 0.353. The lowest BCUT2D eigenvalue weighted by molar-refractivity contribution is -0.129. The van der Waals surface area contributed by atoms with Crippen LogP contribution in [0.1, 0.15) is 33.1 Å². The van der Waals surface area contributed by atoms with E-state index in [0.717, 1.165) is 36.5 Å². The number of hydrogen-bond acceptors (Lipinski definition) is 4. The van der Waals surface area contributed by atoms with Crippen LogP contribution in [-0.2, 0) is 11.2 Å². The molecule has 0 aliphatic carbocycles. The first-order valence-corrected chi connectivity index (χ1v) is 8.68. The second-order valence-electron chi connectivity index (χ2n) is 5.69. The van der Waals surface area contributed by atoms with Crippen molar-refractivity contribution >= 4 is 23.2 Å². The van der Waals surface area contributed by atoms with Gasteiger partial charge in [0, 0.05) is 19.5 Å². The molecule has 0 atom stereocenters. The zero-order valence-corrected chi connectivity index (χ0v) is 13.9. The Morgan fingerprint density at radius 2 is 1.92 bits per heavy atom. The smallest absolute Gasteiger partial charge is 0.263 e. The van der Waals surface area contributed by atoms with Gasteiger partial charge < -0.3 is 10.2 Å². The van der Waals surface area contributed by atoms with Crippen molar-refractivity contribution in [1.82, 2.24) is 15.2 Å². The number of carbonyl (C=O) groups is 2. The van der Waals surface area contributed by atoms with Crippen LogP contribution in [0, 0.1) is 5.82 Å². The summed E-state index contributed by atoms with van der Waals surface area (Å²) in [5, 5.41) is 3.43. The van der Waals surface area contributed by atoms with Crippen LogP contribution in [0.3, 0.4) is 0 Å². The topological polar surface area (TPSA) is 62.3 Å². The van der Waals surface area contributed by atoms with Gasteiger partial charge in [0.25, 0.3) is 5.91 Å². The summed E-state index contributed by atoms with van der Waals surface area (Å²) in [6.07, 6.45) is 4.12. The normalized spacial score (nSPS) is 14.0. The Kier molecular flexibility index (Phi) is 5.20. The van der Waals surface area contributed by atoms with Gasteiger partial charge in [-0.05, 0) is 30.5 Å². The molecule has 7 heteroatoms. The number of likely N-dealkylation sites (tertiary alicyclic amines) is 1. The van der Waals surface area contributed by atoms with Crippen molar-refractivity contribution in [3.63, 3.8) is 0 Å². The fourth-order valence-electron chi connectivity index (χ4n) is 2.60. The molecule has 1 aromatic heterocycles. The molecule has 0 spiro atoms. The molecule has 24 heavy (non-hydrogen) atoms. The molecular formula is C17H18FN3O2S. The van der Waals surface area contributed by atoms with Crippen LogP contribution in [0.15, 0.2) is 30.5 Å². The number of rotatable bonds is 5. The van der Waals surface area contributed by atoms with Crippen molar-refractivity contribution in [2.24, 2.45) is 0 Å². The summed E-state index contributed by atoms with van der Waals surface area (Å²) in [4.78, 5) is 30.5. The molecule has 0 radical (unpaired) electrons. The Morgan fingerprint density at radius 3 is 2.62 bits per heavy atom.